The van der Waals surface area contributed by atoms with Gasteiger partial charge in [-0.3, -0.25) is 14.4 Å². The molecule has 1 aromatic rings. The molecular formula is C27H40N2O5S. The van der Waals surface area contributed by atoms with E-state index >= 15 is 0 Å². The van der Waals surface area contributed by atoms with E-state index in [2.05, 4.69) is 23.8 Å². The average molecular weight is 505 g/mol. The van der Waals surface area contributed by atoms with Crippen molar-refractivity contribution in [3.05, 3.63) is 61.2 Å². The van der Waals surface area contributed by atoms with Crippen LogP contribution in [-0.2, 0) is 24.9 Å². The van der Waals surface area contributed by atoms with Crippen LogP contribution in [0.3, 0.4) is 0 Å². The number of amides is 2. The number of esters is 1. The molecular weight excluding hydrogens is 464 g/mol. The second kappa shape index (κ2) is 18.7. The summed E-state index contributed by atoms with van der Waals surface area (Å²) in [5.74, 6) is -0.173. The van der Waals surface area contributed by atoms with Crippen LogP contribution in [0, 0.1) is 5.92 Å². The van der Waals surface area contributed by atoms with Gasteiger partial charge in [0.05, 0.1) is 18.6 Å². The molecule has 35 heavy (non-hydrogen) atoms. The lowest BCUT2D eigenvalue weighted by Crippen LogP contribution is -2.45. The zero-order chi connectivity index (χ0) is 25.9. The van der Waals surface area contributed by atoms with E-state index in [4.69, 9.17) is 9.84 Å². The maximum Gasteiger partial charge on any atom is 0.305 e. The Labute approximate surface area is 213 Å². The number of benzene rings is 1. The Morgan fingerprint density at radius 1 is 1.11 bits per heavy atom. The maximum atomic E-state index is 13.0. The molecule has 2 amide bonds. The Balaban J connectivity index is 2.71. The van der Waals surface area contributed by atoms with Crippen LogP contribution in [0.15, 0.2) is 55.6 Å². The molecule has 0 saturated heterocycles. The third-order valence-corrected chi connectivity index (χ3v) is 6.37. The largest absolute Gasteiger partial charge is 0.463 e. The third-order valence-electron chi connectivity index (χ3n) is 5.20. The highest BCUT2D eigenvalue weighted by molar-refractivity contribution is 7.98. The van der Waals surface area contributed by atoms with Gasteiger partial charge >= 0.3 is 5.97 Å². The van der Waals surface area contributed by atoms with Gasteiger partial charge in [-0.15, -0.1) is 13.2 Å². The van der Waals surface area contributed by atoms with E-state index in [1.165, 1.54) is 5.56 Å². The number of thioether (sulfide) groups is 1. The number of unbranched alkanes of at least 4 members (excludes halogenated alkanes) is 2. The first-order valence-corrected chi connectivity index (χ1v) is 13.2. The van der Waals surface area contributed by atoms with E-state index in [0.717, 1.165) is 25.0 Å². The molecule has 3 N–H and O–H groups in total. The van der Waals surface area contributed by atoms with Crippen molar-refractivity contribution in [2.24, 2.45) is 5.92 Å². The molecule has 1 aromatic carbocycles. The first-order chi connectivity index (χ1) is 16.9. The SMILES string of the molecule is C=CCCCCC(=O)OC[C@H](CSCc1ccccc1)NC(=O)[C@H](CC=C)CC(=O)N[C@@H](C)CO. The number of ether oxygens (including phenoxy) is 1. The summed E-state index contributed by atoms with van der Waals surface area (Å²) in [6.07, 6.45) is 6.54. The van der Waals surface area contributed by atoms with Crippen molar-refractivity contribution in [1.82, 2.24) is 10.6 Å². The van der Waals surface area contributed by atoms with Gasteiger partial charge < -0.3 is 20.5 Å². The molecule has 8 heteroatoms. The Kier molecular flexibility index (Phi) is 16.3. The van der Waals surface area contributed by atoms with E-state index in [0.29, 0.717) is 18.6 Å². The fourth-order valence-corrected chi connectivity index (χ4v) is 4.26. The van der Waals surface area contributed by atoms with Gasteiger partial charge in [-0.1, -0.05) is 42.5 Å². The second-order valence-electron chi connectivity index (χ2n) is 8.50. The number of aliphatic hydroxyl groups is 1. The normalized spacial score (nSPS) is 13.2. The van der Waals surface area contributed by atoms with Crippen LogP contribution in [0.1, 0.15) is 51.0 Å². The molecule has 1 rings (SSSR count). The monoisotopic (exact) mass is 504 g/mol. The number of carbonyl (C=O) groups excluding carboxylic acids is 3. The average Bonchev–Trinajstić information content (AvgIpc) is 2.85. The topological polar surface area (TPSA) is 105 Å². The molecule has 0 unspecified atom stereocenters. The highest BCUT2D eigenvalue weighted by Crippen LogP contribution is 2.15. The molecule has 0 fully saturated rings. The minimum atomic E-state index is -0.602. The number of carbonyl (C=O) groups is 3. The lowest BCUT2D eigenvalue weighted by atomic mass is 9.99. The van der Waals surface area contributed by atoms with Gasteiger partial charge in [0.2, 0.25) is 11.8 Å². The fourth-order valence-electron chi connectivity index (χ4n) is 3.25. The Hall–Kier alpha value is -2.58. The minimum absolute atomic E-state index is 0.0187. The van der Waals surface area contributed by atoms with Crippen molar-refractivity contribution >= 4 is 29.5 Å². The molecule has 0 aliphatic carbocycles. The number of hydrogen-bond acceptors (Lipinski definition) is 6. The van der Waals surface area contributed by atoms with Gasteiger partial charge in [0, 0.05) is 30.4 Å². The number of nitrogens with one attached hydrogen (secondary N) is 2. The molecule has 0 radical (unpaired) electrons. The summed E-state index contributed by atoms with van der Waals surface area (Å²) in [5.41, 5.74) is 1.17. The molecule has 0 saturated carbocycles. The molecule has 0 spiro atoms. The number of hydrogen-bond donors (Lipinski definition) is 3. The molecule has 194 valence electrons. The van der Waals surface area contributed by atoms with Gasteiger partial charge in [-0.25, -0.2) is 0 Å². The van der Waals surface area contributed by atoms with Crippen LogP contribution in [0.4, 0.5) is 0 Å². The van der Waals surface area contributed by atoms with Crippen molar-refractivity contribution in [1.29, 1.82) is 0 Å². The third kappa shape index (κ3) is 14.4. The van der Waals surface area contributed by atoms with Crippen LogP contribution < -0.4 is 10.6 Å². The van der Waals surface area contributed by atoms with Crippen LogP contribution in [0.2, 0.25) is 0 Å². The van der Waals surface area contributed by atoms with Gasteiger partial charge in [-0.05, 0) is 38.2 Å². The van der Waals surface area contributed by atoms with Gasteiger partial charge in [-0.2, -0.15) is 11.8 Å². The van der Waals surface area contributed by atoms with Gasteiger partial charge in [0.1, 0.15) is 6.61 Å². The number of allylic oxidation sites excluding steroid dienone is 2. The van der Waals surface area contributed by atoms with Crippen molar-refractivity contribution in [3.63, 3.8) is 0 Å². The van der Waals surface area contributed by atoms with E-state index in [9.17, 15) is 14.4 Å². The Bertz CT molecular complexity index is 787. The molecule has 7 nitrogen and oxygen atoms in total. The van der Waals surface area contributed by atoms with Crippen molar-refractivity contribution in [2.45, 2.75) is 63.3 Å². The summed E-state index contributed by atoms with van der Waals surface area (Å²) < 4.78 is 5.46. The predicted octanol–water partition coefficient (Wildman–Crippen LogP) is 3.77. The first kappa shape index (κ1) is 30.5. The number of aliphatic hydroxyl groups excluding tert-OH is 1. The lowest BCUT2D eigenvalue weighted by molar-refractivity contribution is -0.145. The Morgan fingerprint density at radius 2 is 1.86 bits per heavy atom. The summed E-state index contributed by atoms with van der Waals surface area (Å²) in [6, 6.07) is 9.22. The Morgan fingerprint density at radius 3 is 2.51 bits per heavy atom. The van der Waals surface area contributed by atoms with E-state index in [1.807, 2.05) is 36.4 Å². The van der Waals surface area contributed by atoms with E-state index < -0.39 is 5.92 Å². The summed E-state index contributed by atoms with van der Waals surface area (Å²) in [6.45, 7) is 8.96. The van der Waals surface area contributed by atoms with E-state index in [1.54, 1.807) is 24.8 Å². The van der Waals surface area contributed by atoms with Crippen LogP contribution in [0.25, 0.3) is 0 Å². The first-order valence-electron chi connectivity index (χ1n) is 12.1. The van der Waals surface area contributed by atoms with Crippen LogP contribution >= 0.6 is 11.8 Å². The van der Waals surface area contributed by atoms with Crippen LogP contribution in [0.5, 0.6) is 0 Å². The molecule has 0 aliphatic rings. The fraction of sp³-hybridized carbons (Fsp3) is 0.519. The zero-order valence-corrected chi connectivity index (χ0v) is 21.6. The molecule has 3 atom stereocenters. The molecule has 0 heterocycles. The highest BCUT2D eigenvalue weighted by atomic mass is 32.2. The van der Waals surface area contributed by atoms with Gasteiger partial charge in [0.15, 0.2) is 0 Å². The summed E-state index contributed by atoms with van der Waals surface area (Å²) in [5, 5.41) is 14.8. The molecule has 0 aromatic heterocycles. The van der Waals surface area contributed by atoms with Crippen molar-refractivity contribution < 1.29 is 24.2 Å². The molecule has 0 bridgehead atoms. The van der Waals surface area contributed by atoms with Gasteiger partial charge in [0.25, 0.3) is 0 Å². The van der Waals surface area contributed by atoms with Crippen LogP contribution in [-0.4, -0.2) is 53.9 Å². The summed E-state index contributed by atoms with van der Waals surface area (Å²) >= 11 is 1.64. The zero-order valence-electron chi connectivity index (χ0n) is 20.7. The highest BCUT2D eigenvalue weighted by Gasteiger charge is 2.24. The van der Waals surface area contributed by atoms with Crippen molar-refractivity contribution in [2.75, 3.05) is 19.0 Å². The summed E-state index contributed by atoms with van der Waals surface area (Å²) in [7, 11) is 0. The molecule has 0 aliphatic heterocycles. The van der Waals surface area contributed by atoms with E-state index in [-0.39, 0.29) is 49.5 Å². The van der Waals surface area contributed by atoms with Crippen molar-refractivity contribution in [3.8, 4) is 0 Å². The quantitative estimate of drug-likeness (QED) is 0.150. The minimum Gasteiger partial charge on any atom is -0.463 e. The predicted molar refractivity (Wildman–Crippen MR) is 142 cm³/mol. The second-order valence-corrected chi connectivity index (χ2v) is 9.53. The smallest absolute Gasteiger partial charge is 0.305 e. The lowest BCUT2D eigenvalue weighted by Gasteiger charge is -2.22. The summed E-state index contributed by atoms with van der Waals surface area (Å²) in [4.78, 5) is 37.4. The number of rotatable bonds is 19. The standard InChI is InChI=1S/C27H40N2O5S/c1-4-6-7-11-15-26(32)34-18-24(20-35-19-22-13-9-8-10-14-22)29-27(33)23(12-5-2)16-25(31)28-21(3)17-30/h4-5,8-10,13-14,21,23-24,30H,1-2,6-7,11-12,15-20H2,3H3,(H,28,31)(H,29,33)/t21-,23+,24+/m0/s1. The maximum absolute atomic E-state index is 13.0.